The molecule has 0 aliphatic carbocycles. The van der Waals surface area contributed by atoms with Crippen LogP contribution in [0.4, 0.5) is 10.3 Å². The Morgan fingerprint density at radius 3 is 2.55 bits per heavy atom. The van der Waals surface area contributed by atoms with Crippen LogP contribution in [0.15, 0.2) is 30.5 Å². The van der Waals surface area contributed by atoms with Gasteiger partial charge in [0.2, 0.25) is 11.9 Å². The molecule has 2 aromatic rings. The van der Waals surface area contributed by atoms with Crippen LogP contribution in [0.25, 0.3) is 11.1 Å². The lowest BCUT2D eigenvalue weighted by atomic mass is 9.90. The van der Waals surface area contributed by atoms with E-state index in [1.54, 1.807) is 18.3 Å². The maximum absolute atomic E-state index is 13.4. The average Bonchev–Trinajstić information content (AvgIpc) is 2.74. The first-order valence-electron chi connectivity index (χ1n) is 10.4. The van der Waals surface area contributed by atoms with Crippen molar-refractivity contribution in [2.45, 2.75) is 38.1 Å². The van der Waals surface area contributed by atoms with E-state index in [9.17, 15) is 9.18 Å². The topological polar surface area (TPSA) is 75.4 Å². The number of likely N-dealkylation sites (tertiary alicyclic amines) is 2. The first-order valence-corrected chi connectivity index (χ1v) is 10.4. The van der Waals surface area contributed by atoms with Crippen LogP contribution in [-0.4, -0.2) is 52.4 Å². The molecule has 2 aliphatic heterocycles. The molecule has 4 rings (SSSR count). The normalized spacial score (nSPS) is 21.3. The number of halogens is 1. The molecule has 1 amide bonds. The highest BCUT2D eigenvalue weighted by Crippen LogP contribution is 2.37. The molecule has 2 fully saturated rings. The Morgan fingerprint density at radius 1 is 1.10 bits per heavy atom. The van der Waals surface area contributed by atoms with Gasteiger partial charge in [-0.15, -0.1) is 0 Å². The van der Waals surface area contributed by atoms with E-state index in [1.807, 2.05) is 4.90 Å². The summed E-state index contributed by atoms with van der Waals surface area (Å²) in [5, 5.41) is 0. The van der Waals surface area contributed by atoms with E-state index in [1.165, 1.54) is 12.1 Å². The second-order valence-corrected chi connectivity index (χ2v) is 8.15. The van der Waals surface area contributed by atoms with Gasteiger partial charge < -0.3 is 15.5 Å². The van der Waals surface area contributed by atoms with E-state index in [-0.39, 0.29) is 29.6 Å². The molecule has 2 N–H and O–H groups in total. The van der Waals surface area contributed by atoms with Crippen molar-refractivity contribution in [3.05, 3.63) is 42.0 Å². The SMILES string of the molecule is CN1CCC(C(=O)N2CCCCC2c2nc(N)ncc2-c2ccc(F)cc2)CC1. The quantitative estimate of drug-likeness (QED) is 0.860. The zero-order valence-corrected chi connectivity index (χ0v) is 16.9. The van der Waals surface area contributed by atoms with E-state index in [0.29, 0.717) is 0 Å². The second-order valence-electron chi connectivity index (χ2n) is 8.15. The van der Waals surface area contributed by atoms with Gasteiger partial charge in [0.15, 0.2) is 0 Å². The lowest BCUT2D eigenvalue weighted by molar-refractivity contribution is -0.141. The first-order chi connectivity index (χ1) is 14.0. The number of nitrogens with two attached hydrogens (primary N) is 1. The summed E-state index contributed by atoms with van der Waals surface area (Å²) in [5.41, 5.74) is 8.34. The number of carbonyl (C=O) groups excluding carboxylic acids is 1. The second kappa shape index (κ2) is 8.45. The van der Waals surface area contributed by atoms with Crippen molar-refractivity contribution in [1.29, 1.82) is 0 Å². The largest absolute Gasteiger partial charge is 0.368 e. The summed E-state index contributed by atoms with van der Waals surface area (Å²) >= 11 is 0. The average molecular weight is 397 g/mol. The van der Waals surface area contributed by atoms with Gasteiger partial charge in [-0.25, -0.2) is 14.4 Å². The van der Waals surface area contributed by atoms with Gasteiger partial charge in [0.1, 0.15) is 5.82 Å². The Kier molecular flexibility index (Phi) is 5.76. The van der Waals surface area contributed by atoms with Crippen LogP contribution >= 0.6 is 0 Å². The molecule has 1 aromatic carbocycles. The minimum atomic E-state index is -0.289. The van der Waals surface area contributed by atoms with E-state index in [4.69, 9.17) is 5.73 Å². The van der Waals surface area contributed by atoms with Crippen LogP contribution < -0.4 is 5.73 Å². The highest BCUT2D eigenvalue weighted by molar-refractivity contribution is 5.80. The molecule has 0 spiro atoms. The number of hydrogen-bond acceptors (Lipinski definition) is 5. The van der Waals surface area contributed by atoms with Crippen LogP contribution in [0.1, 0.15) is 43.8 Å². The standard InChI is InChI=1S/C22H28FN5O/c1-27-12-9-16(10-13-27)21(29)28-11-3-2-4-19(28)20-18(14-25-22(24)26-20)15-5-7-17(23)8-6-15/h5-8,14,16,19H,2-4,9-13H2,1H3,(H2,24,25,26). The summed E-state index contributed by atoms with van der Waals surface area (Å²) in [4.78, 5) is 26.4. The third-order valence-electron chi connectivity index (χ3n) is 6.16. The Bertz CT molecular complexity index is 864. The van der Waals surface area contributed by atoms with Gasteiger partial charge in [-0.1, -0.05) is 12.1 Å². The summed E-state index contributed by atoms with van der Waals surface area (Å²) in [6, 6.07) is 6.18. The Labute approximate surface area is 170 Å². The third-order valence-corrected chi connectivity index (χ3v) is 6.16. The van der Waals surface area contributed by atoms with Crippen molar-refractivity contribution in [2.75, 3.05) is 32.4 Å². The van der Waals surface area contributed by atoms with E-state index >= 15 is 0 Å². The molecule has 3 heterocycles. The number of nitrogens with zero attached hydrogens (tertiary/aromatic N) is 4. The highest BCUT2D eigenvalue weighted by Gasteiger charge is 2.35. The van der Waals surface area contributed by atoms with Crippen molar-refractivity contribution in [3.63, 3.8) is 0 Å². The maximum atomic E-state index is 13.4. The number of rotatable bonds is 3. The number of benzene rings is 1. The number of anilines is 1. The van der Waals surface area contributed by atoms with Crippen molar-refractivity contribution in [2.24, 2.45) is 5.92 Å². The molecule has 1 aromatic heterocycles. The zero-order valence-electron chi connectivity index (χ0n) is 16.9. The van der Waals surface area contributed by atoms with Crippen LogP contribution in [0.3, 0.4) is 0 Å². The molecular weight excluding hydrogens is 369 g/mol. The molecule has 2 saturated heterocycles. The van der Waals surface area contributed by atoms with Crippen molar-refractivity contribution in [1.82, 2.24) is 19.8 Å². The van der Waals surface area contributed by atoms with Gasteiger partial charge in [-0.05, 0) is 69.9 Å². The Morgan fingerprint density at radius 2 is 1.83 bits per heavy atom. The Balaban J connectivity index is 1.67. The molecule has 0 bridgehead atoms. The molecule has 154 valence electrons. The minimum absolute atomic E-state index is 0.0697. The van der Waals surface area contributed by atoms with Gasteiger partial charge >= 0.3 is 0 Å². The maximum Gasteiger partial charge on any atom is 0.226 e. The molecule has 1 unspecified atom stereocenters. The van der Waals surface area contributed by atoms with E-state index in [0.717, 1.165) is 68.6 Å². The third kappa shape index (κ3) is 4.24. The monoisotopic (exact) mass is 397 g/mol. The van der Waals surface area contributed by atoms with Gasteiger partial charge in [0.05, 0.1) is 11.7 Å². The van der Waals surface area contributed by atoms with Gasteiger partial charge in [-0.2, -0.15) is 0 Å². The van der Waals surface area contributed by atoms with E-state index < -0.39 is 0 Å². The molecule has 0 saturated carbocycles. The number of nitrogen functional groups attached to an aromatic ring is 1. The van der Waals surface area contributed by atoms with Crippen LogP contribution in [0.5, 0.6) is 0 Å². The molecule has 7 heteroatoms. The first kappa shape index (κ1) is 19.8. The molecular formula is C22H28FN5O. The summed E-state index contributed by atoms with van der Waals surface area (Å²) in [7, 11) is 2.10. The molecule has 29 heavy (non-hydrogen) atoms. The van der Waals surface area contributed by atoms with Crippen LogP contribution in [-0.2, 0) is 4.79 Å². The van der Waals surface area contributed by atoms with Crippen molar-refractivity contribution >= 4 is 11.9 Å². The predicted molar refractivity (Wildman–Crippen MR) is 110 cm³/mol. The fourth-order valence-corrected chi connectivity index (χ4v) is 4.48. The summed E-state index contributed by atoms with van der Waals surface area (Å²) in [6.07, 6.45) is 6.38. The zero-order chi connectivity index (χ0) is 20.4. The van der Waals surface area contributed by atoms with Gasteiger partial charge in [0, 0.05) is 24.2 Å². The fourth-order valence-electron chi connectivity index (χ4n) is 4.48. The fraction of sp³-hybridized carbons (Fsp3) is 0.500. The predicted octanol–water partition coefficient (Wildman–Crippen LogP) is 3.26. The number of aromatic nitrogens is 2. The molecule has 0 radical (unpaired) electrons. The smallest absolute Gasteiger partial charge is 0.226 e. The number of carbonyl (C=O) groups is 1. The van der Waals surface area contributed by atoms with Crippen molar-refractivity contribution < 1.29 is 9.18 Å². The Hall–Kier alpha value is -2.54. The van der Waals surface area contributed by atoms with E-state index in [2.05, 4.69) is 21.9 Å². The molecule has 6 nitrogen and oxygen atoms in total. The summed E-state index contributed by atoms with van der Waals surface area (Å²) < 4.78 is 13.4. The molecule has 2 aliphatic rings. The van der Waals surface area contributed by atoms with Crippen LogP contribution in [0.2, 0.25) is 0 Å². The summed E-state index contributed by atoms with van der Waals surface area (Å²) in [5.74, 6) is 0.205. The van der Waals surface area contributed by atoms with Gasteiger partial charge in [0.25, 0.3) is 0 Å². The lowest BCUT2D eigenvalue weighted by Gasteiger charge is -2.39. The van der Waals surface area contributed by atoms with Gasteiger partial charge in [-0.3, -0.25) is 4.79 Å². The lowest BCUT2D eigenvalue weighted by Crippen LogP contribution is -2.45. The molecule has 1 atom stereocenters. The number of hydrogen-bond donors (Lipinski definition) is 1. The summed E-state index contributed by atoms with van der Waals surface area (Å²) in [6.45, 7) is 2.65. The number of piperidine rings is 2. The van der Waals surface area contributed by atoms with Crippen molar-refractivity contribution in [3.8, 4) is 11.1 Å². The number of amides is 1. The van der Waals surface area contributed by atoms with Crippen LogP contribution in [0, 0.1) is 11.7 Å². The minimum Gasteiger partial charge on any atom is -0.368 e. The highest BCUT2D eigenvalue weighted by atomic mass is 19.1.